The molecule has 1 heterocycles. The normalized spacial score (nSPS) is 10.6. The average molecular weight is 389 g/mol. The molecule has 7 heteroatoms. The summed E-state index contributed by atoms with van der Waals surface area (Å²) in [7, 11) is 0. The molecule has 0 fully saturated rings. The van der Waals surface area contributed by atoms with Crippen molar-refractivity contribution in [3.8, 4) is 17.3 Å². The summed E-state index contributed by atoms with van der Waals surface area (Å²) in [6.45, 7) is 2.54. The van der Waals surface area contributed by atoms with Crippen molar-refractivity contribution in [2.75, 3.05) is 5.32 Å². The Morgan fingerprint density at radius 1 is 1.21 bits per heavy atom. The van der Waals surface area contributed by atoms with E-state index in [0.717, 1.165) is 28.1 Å². The maximum absolute atomic E-state index is 8.82. The van der Waals surface area contributed by atoms with Crippen LogP contribution in [0.15, 0.2) is 65.9 Å². The van der Waals surface area contributed by atoms with Crippen LogP contribution in [-0.4, -0.2) is 21.1 Å². The monoisotopic (exact) mass is 388 g/mol. The van der Waals surface area contributed by atoms with Gasteiger partial charge in [-0.15, -0.1) is 0 Å². The number of rotatable bonds is 6. The highest BCUT2D eigenvalue weighted by Gasteiger charge is 2.09. The minimum atomic E-state index is 0.398. The quantitative estimate of drug-likeness (QED) is 0.378. The maximum atomic E-state index is 8.82. The molecule has 0 aliphatic rings. The van der Waals surface area contributed by atoms with Crippen LogP contribution < -0.4 is 10.7 Å². The third-order valence-corrected chi connectivity index (χ3v) is 4.25. The van der Waals surface area contributed by atoms with E-state index in [4.69, 9.17) is 17.5 Å². The van der Waals surface area contributed by atoms with Crippen molar-refractivity contribution in [1.82, 2.24) is 15.2 Å². The summed E-state index contributed by atoms with van der Waals surface area (Å²) in [5.74, 6) is 0. The van der Waals surface area contributed by atoms with Gasteiger partial charge in [0.25, 0.3) is 0 Å². The van der Waals surface area contributed by atoms with Gasteiger partial charge in [-0.05, 0) is 30.8 Å². The van der Waals surface area contributed by atoms with E-state index in [9.17, 15) is 0 Å². The first-order chi connectivity index (χ1) is 13.7. The van der Waals surface area contributed by atoms with Gasteiger partial charge in [-0.25, -0.2) is 0 Å². The topological polar surface area (TPSA) is 78.0 Å². The Bertz CT molecular complexity index is 1020. The van der Waals surface area contributed by atoms with Crippen molar-refractivity contribution in [2.24, 2.45) is 5.10 Å². The summed E-state index contributed by atoms with van der Waals surface area (Å²) in [6, 6.07) is 19.9. The molecule has 2 N–H and O–H groups in total. The second-order valence-electron chi connectivity index (χ2n) is 6.11. The van der Waals surface area contributed by atoms with Crippen molar-refractivity contribution < 1.29 is 0 Å². The fraction of sp³-hybridized carbons (Fsp3) is 0.143. The Balaban J connectivity index is 1.73. The molecule has 28 heavy (non-hydrogen) atoms. The van der Waals surface area contributed by atoms with Gasteiger partial charge in [0, 0.05) is 23.0 Å². The van der Waals surface area contributed by atoms with Crippen molar-refractivity contribution >= 4 is 29.2 Å². The Labute approximate surface area is 169 Å². The molecule has 3 aromatic rings. The first-order valence-corrected chi connectivity index (χ1v) is 9.23. The number of nitrogens with one attached hydrogen (secondary N) is 2. The fourth-order valence-electron chi connectivity index (χ4n) is 2.65. The molecule has 6 nitrogen and oxygen atoms in total. The van der Waals surface area contributed by atoms with E-state index in [1.165, 1.54) is 0 Å². The molecular formula is C21H20N6S. The Morgan fingerprint density at radius 3 is 2.71 bits per heavy atom. The predicted octanol–water partition coefficient (Wildman–Crippen LogP) is 4.09. The van der Waals surface area contributed by atoms with Crippen LogP contribution in [0.25, 0.3) is 11.3 Å². The van der Waals surface area contributed by atoms with E-state index in [2.05, 4.69) is 27.0 Å². The summed E-state index contributed by atoms with van der Waals surface area (Å²) in [6.07, 6.45) is 3.96. The third kappa shape index (κ3) is 5.02. The molecule has 0 bridgehead atoms. The average Bonchev–Trinajstić information content (AvgIpc) is 3.12. The highest BCUT2D eigenvalue weighted by Crippen LogP contribution is 2.20. The first kappa shape index (κ1) is 19.3. The summed E-state index contributed by atoms with van der Waals surface area (Å²) in [5, 5.41) is 21.2. The van der Waals surface area contributed by atoms with Crippen molar-refractivity contribution in [3.05, 3.63) is 71.9 Å². The molecule has 0 atom stereocenters. The number of hydrazone groups is 1. The molecule has 0 aliphatic carbocycles. The molecule has 0 saturated carbocycles. The Hall–Kier alpha value is -3.50. The van der Waals surface area contributed by atoms with Crippen LogP contribution in [0.3, 0.4) is 0 Å². The zero-order valence-electron chi connectivity index (χ0n) is 15.5. The van der Waals surface area contributed by atoms with Gasteiger partial charge < -0.3 is 5.32 Å². The number of aromatic nitrogens is 2. The summed E-state index contributed by atoms with van der Waals surface area (Å²) in [5.41, 5.74) is 7.51. The van der Waals surface area contributed by atoms with Gasteiger partial charge in [0.1, 0.15) is 5.69 Å². The fourth-order valence-corrected chi connectivity index (χ4v) is 2.82. The SMILES string of the molecule is Cc1ccccc1NC(=S)N/N=C\c1cn(CCC#N)nc1-c1ccccc1. The zero-order valence-corrected chi connectivity index (χ0v) is 16.3. The second kappa shape index (κ2) is 9.44. The third-order valence-electron chi connectivity index (χ3n) is 4.05. The molecule has 3 rings (SSSR count). The van der Waals surface area contributed by atoms with Gasteiger partial charge in [-0.2, -0.15) is 15.5 Å². The second-order valence-corrected chi connectivity index (χ2v) is 6.52. The van der Waals surface area contributed by atoms with Crippen LogP contribution >= 0.6 is 12.2 Å². The Morgan fingerprint density at radius 2 is 1.96 bits per heavy atom. The number of hydrogen-bond acceptors (Lipinski definition) is 4. The van der Waals surface area contributed by atoms with Crippen LogP contribution in [0.5, 0.6) is 0 Å². The highest BCUT2D eigenvalue weighted by atomic mass is 32.1. The standard InChI is InChI=1S/C21H20N6S/c1-16-8-5-6-11-19(16)24-21(28)25-23-14-18-15-27(13-7-12-22)26-20(18)17-9-3-2-4-10-17/h2-6,8-11,14-15H,7,13H2,1H3,(H2,24,25,28)/b23-14-. The lowest BCUT2D eigenvalue weighted by Crippen LogP contribution is -2.24. The van der Waals surface area contributed by atoms with E-state index >= 15 is 0 Å². The van der Waals surface area contributed by atoms with Crippen molar-refractivity contribution in [3.63, 3.8) is 0 Å². The molecule has 1 aromatic heterocycles. The summed E-state index contributed by atoms with van der Waals surface area (Å²) < 4.78 is 1.76. The molecule has 0 amide bonds. The lowest BCUT2D eigenvalue weighted by Gasteiger charge is -2.09. The van der Waals surface area contributed by atoms with Gasteiger partial charge in [0.05, 0.1) is 25.2 Å². The highest BCUT2D eigenvalue weighted by molar-refractivity contribution is 7.80. The van der Waals surface area contributed by atoms with Gasteiger partial charge in [0.2, 0.25) is 0 Å². The molecule has 140 valence electrons. The Kier molecular flexibility index (Phi) is 6.50. The maximum Gasteiger partial charge on any atom is 0.191 e. The van der Waals surface area contributed by atoms with E-state index in [1.807, 2.05) is 67.7 Å². The summed E-state index contributed by atoms with van der Waals surface area (Å²) in [4.78, 5) is 0. The van der Waals surface area contributed by atoms with Gasteiger partial charge in [-0.1, -0.05) is 48.5 Å². The number of hydrogen-bond donors (Lipinski definition) is 2. The minimum absolute atomic E-state index is 0.398. The largest absolute Gasteiger partial charge is 0.331 e. The van der Waals surface area contributed by atoms with Crippen LogP contribution in [0.4, 0.5) is 5.69 Å². The number of nitrogens with zero attached hydrogens (tertiary/aromatic N) is 4. The number of para-hydroxylation sites is 1. The van der Waals surface area contributed by atoms with Crippen molar-refractivity contribution in [2.45, 2.75) is 19.9 Å². The minimum Gasteiger partial charge on any atom is -0.331 e. The zero-order chi connectivity index (χ0) is 19.8. The number of thiocarbonyl (C=S) groups is 1. The van der Waals surface area contributed by atoms with Gasteiger partial charge in [0.15, 0.2) is 5.11 Å². The van der Waals surface area contributed by atoms with Crippen LogP contribution in [0.1, 0.15) is 17.5 Å². The number of nitriles is 1. The predicted molar refractivity (Wildman–Crippen MR) is 116 cm³/mol. The van der Waals surface area contributed by atoms with E-state index in [-0.39, 0.29) is 0 Å². The van der Waals surface area contributed by atoms with E-state index in [1.54, 1.807) is 10.9 Å². The number of benzene rings is 2. The van der Waals surface area contributed by atoms with E-state index in [0.29, 0.717) is 18.1 Å². The molecule has 0 spiro atoms. The summed E-state index contributed by atoms with van der Waals surface area (Å²) >= 11 is 5.31. The lowest BCUT2D eigenvalue weighted by atomic mass is 10.1. The molecule has 0 aliphatic heterocycles. The lowest BCUT2D eigenvalue weighted by molar-refractivity contribution is 0.629. The smallest absolute Gasteiger partial charge is 0.191 e. The van der Waals surface area contributed by atoms with E-state index < -0.39 is 0 Å². The first-order valence-electron chi connectivity index (χ1n) is 8.83. The number of anilines is 1. The molecular weight excluding hydrogens is 368 g/mol. The van der Waals surface area contributed by atoms with Gasteiger partial charge >= 0.3 is 0 Å². The van der Waals surface area contributed by atoms with Crippen LogP contribution in [0.2, 0.25) is 0 Å². The number of aryl methyl sites for hydroxylation is 2. The van der Waals surface area contributed by atoms with Gasteiger partial charge in [-0.3, -0.25) is 10.1 Å². The van der Waals surface area contributed by atoms with Crippen molar-refractivity contribution in [1.29, 1.82) is 5.26 Å². The van der Waals surface area contributed by atoms with Crippen LogP contribution in [-0.2, 0) is 6.54 Å². The molecule has 2 aromatic carbocycles. The van der Waals surface area contributed by atoms with Crippen LogP contribution in [0, 0.1) is 18.3 Å². The molecule has 0 saturated heterocycles. The molecule has 0 unspecified atom stereocenters. The molecule has 0 radical (unpaired) electrons.